The number of carboxylic acids is 1. The topological polar surface area (TPSA) is 89.6 Å². The Morgan fingerprint density at radius 1 is 1.05 bits per heavy atom. The molecule has 2 aromatic rings. The van der Waals surface area contributed by atoms with Crippen molar-refractivity contribution in [2.75, 3.05) is 12.8 Å². The first kappa shape index (κ1) is 13.6. The van der Waals surface area contributed by atoms with Crippen molar-refractivity contribution in [2.45, 2.75) is 0 Å². The lowest BCUT2D eigenvalue weighted by Crippen LogP contribution is -2.10. The highest BCUT2D eigenvalue weighted by Crippen LogP contribution is 2.20. The lowest BCUT2D eigenvalue weighted by molar-refractivity contribution is 0.0693. The molecule has 0 saturated heterocycles. The molecule has 0 aliphatic carbocycles. The van der Waals surface area contributed by atoms with E-state index in [0.29, 0.717) is 17.0 Å². The van der Waals surface area contributed by atoms with Crippen LogP contribution in [0.25, 0.3) is 0 Å². The Bertz CT molecular complexity index is 662. The van der Waals surface area contributed by atoms with Crippen molar-refractivity contribution in [3.63, 3.8) is 0 Å². The Morgan fingerprint density at radius 2 is 1.70 bits per heavy atom. The molecule has 5 heteroatoms. The van der Waals surface area contributed by atoms with Gasteiger partial charge < -0.3 is 15.6 Å². The van der Waals surface area contributed by atoms with Crippen LogP contribution in [0, 0.1) is 0 Å². The number of hydrogen-bond acceptors (Lipinski definition) is 4. The molecule has 2 aromatic carbocycles. The summed E-state index contributed by atoms with van der Waals surface area (Å²) >= 11 is 0. The van der Waals surface area contributed by atoms with Crippen molar-refractivity contribution in [3.05, 3.63) is 59.2 Å². The minimum atomic E-state index is -1.16. The summed E-state index contributed by atoms with van der Waals surface area (Å²) in [5, 5.41) is 9.12. The van der Waals surface area contributed by atoms with Gasteiger partial charge in [-0.15, -0.1) is 0 Å². The lowest BCUT2D eigenvalue weighted by atomic mass is 9.97. The van der Waals surface area contributed by atoms with Crippen molar-refractivity contribution in [3.8, 4) is 5.75 Å². The Kier molecular flexibility index (Phi) is 3.70. The molecule has 0 fully saturated rings. The first-order valence-electron chi connectivity index (χ1n) is 5.84. The number of aromatic carboxylic acids is 1. The third kappa shape index (κ3) is 2.61. The van der Waals surface area contributed by atoms with Gasteiger partial charge in [-0.2, -0.15) is 0 Å². The second kappa shape index (κ2) is 5.44. The van der Waals surface area contributed by atoms with Crippen LogP contribution in [0.4, 0.5) is 5.69 Å². The second-order valence-corrected chi connectivity index (χ2v) is 4.17. The standard InChI is InChI=1S/C15H13NO4/c1-20-11-5-2-9(3-6-11)14(17)13-8-10(16)4-7-12(13)15(18)19/h2-8H,16H2,1H3,(H,18,19). The summed E-state index contributed by atoms with van der Waals surface area (Å²) in [7, 11) is 1.53. The smallest absolute Gasteiger partial charge is 0.336 e. The molecule has 0 atom stereocenters. The van der Waals surface area contributed by atoms with E-state index >= 15 is 0 Å². The van der Waals surface area contributed by atoms with E-state index in [1.165, 1.54) is 25.3 Å². The number of rotatable bonds is 4. The fourth-order valence-corrected chi connectivity index (χ4v) is 1.83. The van der Waals surface area contributed by atoms with Crippen LogP contribution < -0.4 is 10.5 Å². The van der Waals surface area contributed by atoms with Crippen molar-refractivity contribution in [1.82, 2.24) is 0 Å². The van der Waals surface area contributed by atoms with E-state index in [1.807, 2.05) is 0 Å². The molecule has 102 valence electrons. The van der Waals surface area contributed by atoms with Crippen LogP contribution >= 0.6 is 0 Å². The molecule has 0 saturated carbocycles. The number of ketones is 1. The summed E-state index contributed by atoms with van der Waals surface area (Å²) in [5.41, 5.74) is 6.34. The Hall–Kier alpha value is -2.82. The Labute approximate surface area is 115 Å². The monoisotopic (exact) mass is 271 g/mol. The fraction of sp³-hybridized carbons (Fsp3) is 0.0667. The van der Waals surface area contributed by atoms with Gasteiger partial charge in [0, 0.05) is 16.8 Å². The second-order valence-electron chi connectivity index (χ2n) is 4.17. The van der Waals surface area contributed by atoms with E-state index in [2.05, 4.69) is 0 Å². The van der Waals surface area contributed by atoms with Gasteiger partial charge in [0.05, 0.1) is 12.7 Å². The molecule has 3 N–H and O–H groups in total. The van der Waals surface area contributed by atoms with Crippen LogP contribution in [0.2, 0.25) is 0 Å². The largest absolute Gasteiger partial charge is 0.497 e. The molecule has 2 rings (SSSR count). The summed E-state index contributed by atoms with van der Waals surface area (Å²) in [6, 6.07) is 10.6. The number of carbonyl (C=O) groups excluding carboxylic acids is 1. The first-order chi connectivity index (χ1) is 9.52. The minimum Gasteiger partial charge on any atom is -0.497 e. The van der Waals surface area contributed by atoms with Gasteiger partial charge in [-0.25, -0.2) is 4.79 Å². The molecule has 0 heterocycles. The number of methoxy groups -OCH3 is 1. The van der Waals surface area contributed by atoms with Crippen LogP contribution in [0.3, 0.4) is 0 Å². The molecule has 0 aromatic heterocycles. The zero-order chi connectivity index (χ0) is 14.7. The number of hydrogen-bond donors (Lipinski definition) is 2. The molecule has 0 spiro atoms. The number of carboxylic acid groups (broad SMARTS) is 1. The highest BCUT2D eigenvalue weighted by Gasteiger charge is 2.18. The number of benzene rings is 2. The van der Waals surface area contributed by atoms with E-state index in [0.717, 1.165) is 0 Å². The van der Waals surface area contributed by atoms with E-state index in [-0.39, 0.29) is 11.1 Å². The van der Waals surface area contributed by atoms with E-state index in [4.69, 9.17) is 15.6 Å². The third-order valence-electron chi connectivity index (χ3n) is 2.87. The summed E-state index contributed by atoms with van der Waals surface area (Å²) in [6.45, 7) is 0. The average molecular weight is 271 g/mol. The first-order valence-corrected chi connectivity index (χ1v) is 5.84. The van der Waals surface area contributed by atoms with Gasteiger partial charge in [0.1, 0.15) is 5.75 Å². The van der Waals surface area contributed by atoms with Gasteiger partial charge in [0.2, 0.25) is 0 Å². The molecular formula is C15H13NO4. The van der Waals surface area contributed by atoms with Crippen LogP contribution in [-0.4, -0.2) is 24.0 Å². The minimum absolute atomic E-state index is 0.0694. The van der Waals surface area contributed by atoms with Crippen LogP contribution in [-0.2, 0) is 0 Å². The molecular weight excluding hydrogens is 258 g/mol. The van der Waals surface area contributed by atoms with Crippen molar-refractivity contribution in [1.29, 1.82) is 0 Å². The van der Waals surface area contributed by atoms with Gasteiger partial charge in [-0.3, -0.25) is 4.79 Å². The van der Waals surface area contributed by atoms with Crippen LogP contribution in [0.15, 0.2) is 42.5 Å². The molecule has 0 bridgehead atoms. The molecule has 0 aliphatic heterocycles. The van der Waals surface area contributed by atoms with Crippen molar-refractivity contribution >= 4 is 17.4 Å². The van der Waals surface area contributed by atoms with Crippen LogP contribution in [0.1, 0.15) is 26.3 Å². The maximum atomic E-state index is 12.4. The number of ether oxygens (including phenoxy) is 1. The van der Waals surface area contributed by atoms with Gasteiger partial charge in [0.15, 0.2) is 5.78 Å². The van der Waals surface area contributed by atoms with E-state index in [9.17, 15) is 9.59 Å². The van der Waals surface area contributed by atoms with Gasteiger partial charge in [0.25, 0.3) is 0 Å². The van der Waals surface area contributed by atoms with Gasteiger partial charge in [-0.1, -0.05) is 0 Å². The molecule has 0 amide bonds. The number of carbonyl (C=O) groups is 2. The Morgan fingerprint density at radius 3 is 2.25 bits per heavy atom. The lowest BCUT2D eigenvalue weighted by Gasteiger charge is -2.07. The SMILES string of the molecule is COc1ccc(C(=O)c2cc(N)ccc2C(=O)O)cc1. The zero-order valence-electron chi connectivity index (χ0n) is 10.8. The molecule has 0 aliphatic rings. The highest BCUT2D eigenvalue weighted by atomic mass is 16.5. The van der Waals surface area contributed by atoms with Gasteiger partial charge >= 0.3 is 5.97 Å². The number of nitrogens with two attached hydrogens (primary N) is 1. The summed E-state index contributed by atoms with van der Waals surface area (Å²) in [4.78, 5) is 23.5. The third-order valence-corrected chi connectivity index (χ3v) is 2.87. The Balaban J connectivity index is 2.46. The zero-order valence-corrected chi connectivity index (χ0v) is 10.8. The van der Waals surface area contributed by atoms with E-state index < -0.39 is 11.8 Å². The predicted octanol–water partition coefficient (Wildman–Crippen LogP) is 2.21. The summed E-state index contributed by atoms with van der Waals surface area (Å²) in [5.74, 6) is -0.938. The summed E-state index contributed by atoms with van der Waals surface area (Å²) < 4.78 is 5.01. The van der Waals surface area contributed by atoms with E-state index in [1.54, 1.807) is 24.3 Å². The fourth-order valence-electron chi connectivity index (χ4n) is 1.83. The predicted molar refractivity (Wildman–Crippen MR) is 74.2 cm³/mol. The number of nitrogen functional groups attached to an aromatic ring is 1. The summed E-state index contributed by atoms with van der Waals surface area (Å²) in [6.07, 6.45) is 0. The quantitative estimate of drug-likeness (QED) is 0.657. The highest BCUT2D eigenvalue weighted by molar-refractivity contribution is 6.14. The van der Waals surface area contributed by atoms with Crippen LogP contribution in [0.5, 0.6) is 5.75 Å². The van der Waals surface area contributed by atoms with Gasteiger partial charge in [-0.05, 0) is 42.5 Å². The van der Waals surface area contributed by atoms with Crippen molar-refractivity contribution in [2.24, 2.45) is 0 Å². The maximum Gasteiger partial charge on any atom is 0.336 e. The average Bonchev–Trinajstić information content (AvgIpc) is 2.46. The normalized spacial score (nSPS) is 10.1. The molecule has 20 heavy (non-hydrogen) atoms. The maximum absolute atomic E-state index is 12.4. The number of anilines is 1. The molecule has 5 nitrogen and oxygen atoms in total. The molecule has 0 unspecified atom stereocenters. The molecule has 0 radical (unpaired) electrons. The van der Waals surface area contributed by atoms with Crippen molar-refractivity contribution < 1.29 is 19.4 Å².